The Labute approximate surface area is 185 Å². The van der Waals surface area contributed by atoms with Gasteiger partial charge in [0.2, 0.25) is 17.0 Å². The van der Waals surface area contributed by atoms with Gasteiger partial charge in [0.15, 0.2) is 17.5 Å². The molecule has 0 saturated carbocycles. The second kappa shape index (κ2) is 9.81. The number of amides is 2. The fraction of sp³-hybridized carbons (Fsp3) is 0.250. The van der Waals surface area contributed by atoms with Crippen LogP contribution >= 0.6 is 11.8 Å². The van der Waals surface area contributed by atoms with Crippen molar-refractivity contribution in [3.8, 4) is 5.69 Å². The zero-order valence-electron chi connectivity index (χ0n) is 17.3. The molecule has 1 aromatic heterocycles. The Morgan fingerprint density at radius 3 is 2.59 bits per heavy atom. The van der Waals surface area contributed by atoms with Crippen molar-refractivity contribution in [2.75, 3.05) is 11.9 Å². The van der Waals surface area contributed by atoms with Gasteiger partial charge < -0.3 is 10.6 Å². The first-order chi connectivity index (χ1) is 15.2. The number of rotatable bonds is 7. The first-order valence-corrected chi connectivity index (χ1v) is 10.3. The van der Waals surface area contributed by atoms with Gasteiger partial charge in [-0.25, -0.2) is 13.2 Å². The normalized spacial score (nSPS) is 11.8. The van der Waals surface area contributed by atoms with E-state index >= 15 is 0 Å². The Morgan fingerprint density at radius 1 is 1.12 bits per heavy atom. The van der Waals surface area contributed by atoms with E-state index < -0.39 is 46.7 Å². The Kier molecular flexibility index (Phi) is 7.13. The number of tetrazole rings is 1. The van der Waals surface area contributed by atoms with Crippen LogP contribution in [0.15, 0.2) is 35.5 Å². The summed E-state index contributed by atoms with van der Waals surface area (Å²) in [5.41, 5.74) is 2.28. The molecule has 0 aliphatic carbocycles. The molecular formula is C20H19F3N6O2S. The summed E-state index contributed by atoms with van der Waals surface area (Å²) in [5.74, 6) is -5.89. The average Bonchev–Trinajstić information content (AvgIpc) is 3.20. The number of carbonyl (C=O) groups is 2. The standard InChI is InChI=1S/C20H19F3N6O2S/c1-10-4-7-15(11(2)8-10)29-20(26-27-28-29)32-12(3)19(31)24-9-16(30)25-14-6-5-13(21)17(22)18(14)23/h4-8,12H,9H2,1-3H3,(H,24,31)(H,25,30). The highest BCUT2D eigenvalue weighted by atomic mass is 32.2. The summed E-state index contributed by atoms with van der Waals surface area (Å²) in [6.45, 7) is 5.00. The van der Waals surface area contributed by atoms with Crippen LogP contribution in [0, 0.1) is 31.3 Å². The van der Waals surface area contributed by atoms with E-state index in [9.17, 15) is 22.8 Å². The average molecular weight is 464 g/mol. The molecule has 0 saturated heterocycles. The van der Waals surface area contributed by atoms with Crippen LogP contribution < -0.4 is 10.6 Å². The van der Waals surface area contributed by atoms with Crippen molar-refractivity contribution in [2.45, 2.75) is 31.2 Å². The second-order valence-electron chi connectivity index (χ2n) is 6.91. The topological polar surface area (TPSA) is 102 Å². The van der Waals surface area contributed by atoms with Crippen molar-refractivity contribution in [2.24, 2.45) is 0 Å². The molecule has 0 radical (unpaired) electrons. The molecule has 32 heavy (non-hydrogen) atoms. The maximum Gasteiger partial charge on any atom is 0.243 e. The van der Waals surface area contributed by atoms with Gasteiger partial charge in [0.1, 0.15) is 0 Å². The highest BCUT2D eigenvalue weighted by Crippen LogP contribution is 2.25. The molecule has 1 heterocycles. The van der Waals surface area contributed by atoms with Crippen molar-refractivity contribution in [3.05, 3.63) is 58.9 Å². The molecule has 1 atom stereocenters. The van der Waals surface area contributed by atoms with Gasteiger partial charge in [0.05, 0.1) is 23.2 Å². The van der Waals surface area contributed by atoms with Crippen molar-refractivity contribution in [1.29, 1.82) is 0 Å². The Balaban J connectivity index is 1.59. The first kappa shape index (κ1) is 23.3. The minimum atomic E-state index is -1.70. The zero-order valence-corrected chi connectivity index (χ0v) is 18.1. The molecule has 2 aromatic carbocycles. The molecule has 0 aliphatic rings. The molecule has 2 N–H and O–H groups in total. The lowest BCUT2D eigenvalue weighted by Gasteiger charge is -2.13. The van der Waals surface area contributed by atoms with E-state index in [4.69, 9.17) is 0 Å². The molecule has 0 fully saturated rings. The van der Waals surface area contributed by atoms with Crippen LogP contribution in [0.1, 0.15) is 18.1 Å². The predicted octanol–water partition coefficient (Wildman–Crippen LogP) is 2.93. The smallest absolute Gasteiger partial charge is 0.243 e. The number of nitrogens with one attached hydrogen (secondary N) is 2. The van der Waals surface area contributed by atoms with Crippen LogP contribution in [-0.4, -0.2) is 43.8 Å². The van der Waals surface area contributed by atoms with Crippen LogP contribution in [0.2, 0.25) is 0 Å². The minimum absolute atomic E-state index is 0.382. The fourth-order valence-corrected chi connectivity index (χ4v) is 3.61. The van der Waals surface area contributed by atoms with Crippen molar-refractivity contribution < 1.29 is 22.8 Å². The maximum absolute atomic E-state index is 13.6. The van der Waals surface area contributed by atoms with Gasteiger partial charge in [-0.15, -0.1) is 5.10 Å². The van der Waals surface area contributed by atoms with E-state index in [2.05, 4.69) is 26.2 Å². The van der Waals surface area contributed by atoms with Crippen molar-refractivity contribution in [1.82, 2.24) is 25.5 Å². The number of halogens is 3. The van der Waals surface area contributed by atoms with Crippen molar-refractivity contribution >= 4 is 29.3 Å². The maximum atomic E-state index is 13.6. The zero-order chi connectivity index (χ0) is 23.4. The first-order valence-electron chi connectivity index (χ1n) is 9.41. The second-order valence-corrected chi connectivity index (χ2v) is 8.22. The predicted molar refractivity (Wildman–Crippen MR) is 112 cm³/mol. The molecule has 3 aromatic rings. The van der Waals surface area contributed by atoms with Gasteiger partial charge in [-0.1, -0.05) is 29.5 Å². The minimum Gasteiger partial charge on any atom is -0.346 e. The summed E-state index contributed by atoms with van der Waals surface area (Å²) in [4.78, 5) is 24.3. The molecule has 8 nitrogen and oxygen atoms in total. The number of aryl methyl sites for hydroxylation is 2. The third-order valence-corrected chi connectivity index (χ3v) is 5.44. The SMILES string of the molecule is Cc1ccc(-n2nnnc2SC(C)C(=O)NCC(=O)Nc2ccc(F)c(F)c2F)c(C)c1. The van der Waals surface area contributed by atoms with Gasteiger partial charge in [0, 0.05) is 0 Å². The highest BCUT2D eigenvalue weighted by Gasteiger charge is 2.21. The quantitative estimate of drug-likeness (QED) is 0.412. The molecule has 2 amide bonds. The van der Waals surface area contributed by atoms with Gasteiger partial charge in [-0.2, -0.15) is 4.68 Å². The van der Waals surface area contributed by atoms with E-state index in [0.717, 1.165) is 34.6 Å². The fourth-order valence-electron chi connectivity index (χ4n) is 2.79. The van der Waals surface area contributed by atoms with Crippen molar-refractivity contribution in [3.63, 3.8) is 0 Å². The summed E-state index contributed by atoms with van der Waals surface area (Å²) in [7, 11) is 0. The van der Waals surface area contributed by atoms with Gasteiger partial charge in [-0.05, 0) is 55.0 Å². The van der Waals surface area contributed by atoms with Crippen LogP contribution in [0.4, 0.5) is 18.9 Å². The third-order valence-electron chi connectivity index (χ3n) is 4.41. The summed E-state index contributed by atoms with van der Waals surface area (Å²) in [5, 5.41) is 15.8. The van der Waals surface area contributed by atoms with Crippen LogP contribution in [-0.2, 0) is 9.59 Å². The van der Waals surface area contributed by atoms with Crippen LogP contribution in [0.3, 0.4) is 0 Å². The van der Waals surface area contributed by atoms with E-state index in [1.54, 1.807) is 6.92 Å². The number of hydrogen-bond donors (Lipinski definition) is 2. The third kappa shape index (κ3) is 5.25. The Hall–Kier alpha value is -3.41. The van der Waals surface area contributed by atoms with Gasteiger partial charge in [0.25, 0.3) is 0 Å². The van der Waals surface area contributed by atoms with E-state index in [1.165, 1.54) is 4.68 Å². The van der Waals surface area contributed by atoms with E-state index in [-0.39, 0.29) is 0 Å². The van der Waals surface area contributed by atoms with Gasteiger partial charge >= 0.3 is 0 Å². The highest BCUT2D eigenvalue weighted by molar-refractivity contribution is 8.00. The molecule has 1 unspecified atom stereocenters. The number of benzene rings is 2. The molecule has 12 heteroatoms. The number of hydrogen-bond acceptors (Lipinski definition) is 6. The van der Waals surface area contributed by atoms with Crippen LogP contribution in [0.25, 0.3) is 5.69 Å². The van der Waals surface area contributed by atoms with Crippen LogP contribution in [0.5, 0.6) is 0 Å². The molecule has 0 aliphatic heterocycles. The molecular weight excluding hydrogens is 445 g/mol. The van der Waals surface area contributed by atoms with Gasteiger partial charge in [-0.3, -0.25) is 9.59 Å². The van der Waals surface area contributed by atoms with E-state index in [1.807, 2.05) is 32.0 Å². The number of carbonyl (C=O) groups excluding carboxylic acids is 2. The Bertz CT molecular complexity index is 1170. The lowest BCUT2D eigenvalue weighted by molar-refractivity contribution is -0.123. The number of aromatic nitrogens is 4. The largest absolute Gasteiger partial charge is 0.346 e. The monoisotopic (exact) mass is 464 g/mol. The number of nitrogens with zero attached hydrogens (tertiary/aromatic N) is 4. The van der Waals surface area contributed by atoms with E-state index in [0.29, 0.717) is 11.2 Å². The molecule has 168 valence electrons. The number of thioether (sulfide) groups is 1. The summed E-state index contributed by atoms with van der Waals surface area (Å²) < 4.78 is 41.4. The lowest BCUT2D eigenvalue weighted by atomic mass is 10.1. The molecule has 0 spiro atoms. The summed E-state index contributed by atoms with van der Waals surface area (Å²) >= 11 is 1.09. The summed E-state index contributed by atoms with van der Waals surface area (Å²) in [6, 6.07) is 7.35. The lowest BCUT2D eigenvalue weighted by Crippen LogP contribution is -2.37. The summed E-state index contributed by atoms with van der Waals surface area (Å²) in [6.07, 6.45) is 0. The molecule has 3 rings (SSSR count). The molecule has 0 bridgehead atoms. The number of anilines is 1. The Morgan fingerprint density at radius 2 is 1.88 bits per heavy atom.